The highest BCUT2D eigenvalue weighted by Gasteiger charge is 2.24. The number of ether oxygens (including phenoxy) is 1. The first-order valence-electron chi connectivity index (χ1n) is 10.5. The van der Waals surface area contributed by atoms with Gasteiger partial charge in [-0.3, -0.25) is 14.7 Å². The van der Waals surface area contributed by atoms with Crippen LogP contribution in [0.25, 0.3) is 0 Å². The molecule has 1 aromatic rings. The Bertz CT molecular complexity index is 574. The van der Waals surface area contributed by atoms with E-state index >= 15 is 0 Å². The van der Waals surface area contributed by atoms with Crippen molar-refractivity contribution in [1.82, 2.24) is 15.5 Å². The first-order chi connectivity index (χ1) is 13.7. The number of esters is 1. The van der Waals surface area contributed by atoms with Gasteiger partial charge in [-0.05, 0) is 50.9 Å². The minimum atomic E-state index is -0.123. The number of hydrogen-bond acceptors (Lipinski definition) is 5. The molecule has 0 aromatic carbocycles. The summed E-state index contributed by atoms with van der Waals surface area (Å²) in [7, 11) is 3.24. The molecule has 0 bridgehead atoms. The van der Waals surface area contributed by atoms with Crippen LogP contribution >= 0.6 is 24.0 Å². The number of halogens is 1. The molecule has 2 heterocycles. The Kier molecular flexibility index (Phi) is 13.8. The predicted octanol–water partition coefficient (Wildman–Crippen LogP) is 3.71. The van der Waals surface area contributed by atoms with Gasteiger partial charge in [-0.2, -0.15) is 0 Å². The lowest BCUT2D eigenvalue weighted by atomic mass is 10.1. The Morgan fingerprint density at radius 2 is 1.97 bits per heavy atom. The topological polar surface area (TPSA) is 79.1 Å². The van der Waals surface area contributed by atoms with E-state index in [-0.39, 0.29) is 36.0 Å². The number of furan rings is 1. The van der Waals surface area contributed by atoms with Crippen molar-refractivity contribution in [3.8, 4) is 0 Å². The van der Waals surface area contributed by atoms with Gasteiger partial charge in [0.2, 0.25) is 0 Å². The van der Waals surface area contributed by atoms with Gasteiger partial charge in [0.05, 0.1) is 19.4 Å². The first kappa shape index (κ1) is 25.7. The third kappa shape index (κ3) is 9.84. The van der Waals surface area contributed by atoms with Crippen LogP contribution in [0, 0.1) is 0 Å². The van der Waals surface area contributed by atoms with Crippen molar-refractivity contribution in [1.29, 1.82) is 0 Å². The van der Waals surface area contributed by atoms with Gasteiger partial charge in [0.25, 0.3) is 0 Å². The van der Waals surface area contributed by atoms with E-state index in [1.807, 2.05) is 6.07 Å². The number of piperidine rings is 1. The highest BCUT2D eigenvalue weighted by Crippen LogP contribution is 2.24. The van der Waals surface area contributed by atoms with E-state index in [0.29, 0.717) is 6.42 Å². The molecule has 1 saturated heterocycles. The second kappa shape index (κ2) is 15.5. The molecule has 0 spiro atoms. The summed E-state index contributed by atoms with van der Waals surface area (Å²) in [6, 6.07) is 4.25. The van der Waals surface area contributed by atoms with E-state index in [1.165, 1.54) is 26.4 Å². The molecule has 1 aliphatic heterocycles. The summed E-state index contributed by atoms with van der Waals surface area (Å²) < 4.78 is 10.4. The Morgan fingerprint density at radius 1 is 1.21 bits per heavy atom. The lowest BCUT2D eigenvalue weighted by Crippen LogP contribution is -2.44. The summed E-state index contributed by atoms with van der Waals surface area (Å²) in [4.78, 5) is 17.9. The minimum Gasteiger partial charge on any atom is -0.469 e. The Hall–Kier alpha value is -1.29. The summed E-state index contributed by atoms with van der Waals surface area (Å²) >= 11 is 0. The first-order valence-corrected chi connectivity index (χ1v) is 10.5. The molecule has 29 heavy (non-hydrogen) atoms. The Balaban J connectivity index is 0.00000420. The van der Waals surface area contributed by atoms with E-state index in [0.717, 1.165) is 63.6 Å². The highest BCUT2D eigenvalue weighted by atomic mass is 127. The molecule has 1 aliphatic rings. The smallest absolute Gasteiger partial charge is 0.305 e. The van der Waals surface area contributed by atoms with Gasteiger partial charge in [-0.15, -0.1) is 24.0 Å². The van der Waals surface area contributed by atoms with E-state index < -0.39 is 0 Å². The van der Waals surface area contributed by atoms with Gasteiger partial charge in [-0.25, -0.2) is 0 Å². The minimum absolute atomic E-state index is 0. The van der Waals surface area contributed by atoms with Crippen molar-refractivity contribution in [2.24, 2.45) is 4.99 Å². The molecule has 0 saturated carbocycles. The maximum absolute atomic E-state index is 11.1. The maximum Gasteiger partial charge on any atom is 0.305 e. The molecular formula is C21H37IN4O3. The fourth-order valence-electron chi connectivity index (χ4n) is 3.59. The normalized spacial score (nSPS) is 16.0. The number of nitrogens with zero attached hydrogens (tertiary/aromatic N) is 2. The van der Waals surface area contributed by atoms with Crippen LogP contribution in [0.4, 0.5) is 0 Å². The van der Waals surface area contributed by atoms with Crippen molar-refractivity contribution in [3.63, 3.8) is 0 Å². The van der Waals surface area contributed by atoms with Crippen molar-refractivity contribution >= 4 is 35.9 Å². The molecule has 1 atom stereocenters. The van der Waals surface area contributed by atoms with Gasteiger partial charge in [-0.1, -0.05) is 19.3 Å². The average Bonchev–Trinajstić information content (AvgIpc) is 3.26. The summed E-state index contributed by atoms with van der Waals surface area (Å²) in [6.45, 7) is 3.87. The van der Waals surface area contributed by atoms with E-state index in [9.17, 15) is 4.79 Å². The summed E-state index contributed by atoms with van der Waals surface area (Å²) in [6.07, 6.45) is 10.1. The molecule has 0 radical (unpaired) electrons. The number of unbranched alkanes of at least 4 members (excludes halogenated alkanes) is 3. The number of likely N-dealkylation sites (tertiary alicyclic amines) is 1. The number of aliphatic imine (C=N–C) groups is 1. The molecule has 0 amide bonds. The number of rotatable bonds is 11. The van der Waals surface area contributed by atoms with Crippen LogP contribution in [-0.4, -0.2) is 57.2 Å². The summed E-state index contributed by atoms with van der Waals surface area (Å²) in [5.41, 5.74) is 0. The number of hydrogen-bond donors (Lipinski definition) is 2. The quantitative estimate of drug-likeness (QED) is 0.152. The second-order valence-electron chi connectivity index (χ2n) is 7.25. The summed E-state index contributed by atoms with van der Waals surface area (Å²) in [5, 5.41) is 6.84. The monoisotopic (exact) mass is 520 g/mol. The number of methoxy groups -OCH3 is 1. The molecule has 0 aliphatic carbocycles. The van der Waals surface area contributed by atoms with Crippen molar-refractivity contribution in [3.05, 3.63) is 24.2 Å². The fraction of sp³-hybridized carbons (Fsp3) is 0.714. The van der Waals surface area contributed by atoms with E-state index in [4.69, 9.17) is 4.42 Å². The molecule has 2 N–H and O–H groups in total. The zero-order valence-electron chi connectivity index (χ0n) is 17.8. The fourth-order valence-corrected chi connectivity index (χ4v) is 3.59. The molecule has 1 unspecified atom stereocenters. The van der Waals surface area contributed by atoms with Crippen LogP contribution in [0.3, 0.4) is 0 Å². The van der Waals surface area contributed by atoms with Crippen LogP contribution in [0.15, 0.2) is 27.8 Å². The van der Waals surface area contributed by atoms with E-state index in [1.54, 1.807) is 13.3 Å². The number of carbonyl (C=O) groups is 1. The van der Waals surface area contributed by atoms with Crippen molar-refractivity contribution in [2.45, 2.75) is 57.4 Å². The lowest BCUT2D eigenvalue weighted by molar-refractivity contribution is -0.140. The highest BCUT2D eigenvalue weighted by molar-refractivity contribution is 14.0. The second-order valence-corrected chi connectivity index (χ2v) is 7.25. The molecule has 1 fully saturated rings. The Labute approximate surface area is 192 Å². The summed E-state index contributed by atoms with van der Waals surface area (Å²) in [5.74, 6) is 1.71. The van der Waals surface area contributed by atoms with Gasteiger partial charge in [0.15, 0.2) is 5.96 Å². The van der Waals surface area contributed by atoms with Gasteiger partial charge in [0, 0.05) is 26.6 Å². The molecule has 8 heteroatoms. The van der Waals surface area contributed by atoms with Gasteiger partial charge >= 0.3 is 5.97 Å². The molecule has 7 nitrogen and oxygen atoms in total. The maximum atomic E-state index is 11.1. The zero-order chi connectivity index (χ0) is 20.0. The lowest BCUT2D eigenvalue weighted by Gasteiger charge is -2.33. The molecular weight excluding hydrogens is 483 g/mol. The zero-order valence-corrected chi connectivity index (χ0v) is 20.2. The standard InChI is InChI=1S/C21H36N4O3.HI/c1-22-21(23-13-7-4-3-6-12-20(26)27-2)24-17-18(19-11-10-16-28-19)25-14-8-5-9-15-25;/h10-11,16,18H,3-9,12-15,17H2,1-2H3,(H2,22,23,24);1H. The predicted molar refractivity (Wildman–Crippen MR) is 127 cm³/mol. The van der Waals surface area contributed by atoms with Gasteiger partial charge in [0.1, 0.15) is 5.76 Å². The van der Waals surface area contributed by atoms with Crippen LogP contribution in [-0.2, 0) is 9.53 Å². The van der Waals surface area contributed by atoms with Crippen LogP contribution in [0.5, 0.6) is 0 Å². The Morgan fingerprint density at radius 3 is 2.62 bits per heavy atom. The SMILES string of the molecule is CN=C(NCCCCCCC(=O)OC)NCC(c1ccco1)N1CCCCC1.I. The number of carbonyl (C=O) groups excluding carboxylic acids is 1. The van der Waals surface area contributed by atoms with Crippen LogP contribution in [0.1, 0.15) is 63.2 Å². The van der Waals surface area contributed by atoms with Gasteiger partial charge < -0.3 is 19.8 Å². The third-order valence-electron chi connectivity index (χ3n) is 5.22. The number of guanidine groups is 1. The largest absolute Gasteiger partial charge is 0.469 e. The number of nitrogens with one attached hydrogen (secondary N) is 2. The van der Waals surface area contributed by atoms with E-state index in [2.05, 4.69) is 31.3 Å². The molecule has 1 aromatic heterocycles. The van der Waals surface area contributed by atoms with Crippen LogP contribution < -0.4 is 10.6 Å². The molecule has 166 valence electrons. The van der Waals surface area contributed by atoms with Crippen molar-refractivity contribution < 1.29 is 13.9 Å². The third-order valence-corrected chi connectivity index (χ3v) is 5.22. The average molecular weight is 520 g/mol. The van der Waals surface area contributed by atoms with Crippen molar-refractivity contribution in [2.75, 3.05) is 40.3 Å². The molecule has 2 rings (SSSR count). The van der Waals surface area contributed by atoms with Crippen LogP contribution in [0.2, 0.25) is 0 Å².